The molecule has 0 aliphatic rings. The number of hydrogen-bond donors (Lipinski definition) is 0. The zero-order chi connectivity index (χ0) is 29.3. The van der Waals surface area contributed by atoms with Crippen LogP contribution in [0.15, 0.2) is 48.5 Å². The lowest BCUT2D eigenvalue weighted by Gasteiger charge is -2.06. The summed E-state index contributed by atoms with van der Waals surface area (Å²) in [7, 11) is 0. The van der Waals surface area contributed by atoms with Crippen LogP contribution in [0.3, 0.4) is 0 Å². The fourth-order valence-electron chi connectivity index (χ4n) is 3.26. The van der Waals surface area contributed by atoms with Crippen molar-refractivity contribution in [3.05, 3.63) is 68.8 Å². The number of esters is 4. The van der Waals surface area contributed by atoms with Gasteiger partial charge in [-0.05, 0) is 37.1 Å². The minimum atomic E-state index is -0.804. The molecule has 0 aliphatic heterocycles. The molecule has 0 fully saturated rings. The third kappa shape index (κ3) is 12.6. The normalized spacial score (nSPS) is 10.3. The SMILES string of the molecule is O=C(CCCCCCCCC(=O)OCC(=O)Oc1ccc([N+](=O)[O-])cc1)OCC(=O)Oc1ccc([N+](=O)[O-])cc1. The average Bonchev–Trinajstić information content (AvgIpc) is 2.92. The van der Waals surface area contributed by atoms with Gasteiger partial charge in [-0.25, -0.2) is 9.59 Å². The van der Waals surface area contributed by atoms with E-state index in [2.05, 4.69) is 0 Å². The molecule has 2 aromatic rings. The van der Waals surface area contributed by atoms with E-state index in [1.807, 2.05) is 0 Å². The molecule has 0 aliphatic carbocycles. The van der Waals surface area contributed by atoms with Crippen LogP contribution in [0.5, 0.6) is 11.5 Å². The van der Waals surface area contributed by atoms with Crippen LogP contribution in [-0.4, -0.2) is 46.9 Å². The molecular weight excluding hydrogens is 532 g/mol. The van der Waals surface area contributed by atoms with Crippen molar-refractivity contribution in [2.24, 2.45) is 0 Å². The Hall–Kier alpha value is -4.88. The van der Waals surface area contributed by atoms with E-state index in [1.165, 1.54) is 48.5 Å². The van der Waals surface area contributed by atoms with E-state index >= 15 is 0 Å². The molecule has 2 aromatic carbocycles. The second-order valence-corrected chi connectivity index (χ2v) is 8.39. The standard InChI is InChI=1S/C26H28N2O12/c29-23(37-17-25(31)39-21-13-9-19(10-14-21)27(33)34)7-5-3-1-2-4-6-8-24(30)38-18-26(32)40-22-15-11-20(12-16-22)28(35)36/h9-16H,1-8,17-18H2. The summed E-state index contributed by atoms with van der Waals surface area (Å²) in [6.07, 6.45) is 4.55. The van der Waals surface area contributed by atoms with Crippen LogP contribution < -0.4 is 9.47 Å². The first-order valence-electron chi connectivity index (χ1n) is 12.4. The Balaban J connectivity index is 1.44. The van der Waals surface area contributed by atoms with Crippen molar-refractivity contribution in [3.63, 3.8) is 0 Å². The number of rotatable bonds is 17. The Kier molecular flexibility index (Phi) is 13.2. The largest absolute Gasteiger partial charge is 0.454 e. The maximum atomic E-state index is 11.8. The first-order chi connectivity index (χ1) is 19.1. The van der Waals surface area contributed by atoms with Gasteiger partial charge in [0.1, 0.15) is 11.5 Å². The zero-order valence-electron chi connectivity index (χ0n) is 21.5. The van der Waals surface area contributed by atoms with E-state index in [-0.39, 0.29) is 35.7 Å². The van der Waals surface area contributed by atoms with Crippen molar-refractivity contribution in [2.45, 2.75) is 51.4 Å². The molecular formula is C26H28N2O12. The number of nitro benzene ring substituents is 2. The van der Waals surface area contributed by atoms with Gasteiger partial charge in [-0.3, -0.25) is 29.8 Å². The number of unbranched alkanes of at least 4 members (excludes halogenated alkanes) is 5. The van der Waals surface area contributed by atoms with Gasteiger partial charge in [0, 0.05) is 37.1 Å². The van der Waals surface area contributed by atoms with Crippen LogP contribution in [0.2, 0.25) is 0 Å². The fraction of sp³-hybridized carbons (Fsp3) is 0.385. The van der Waals surface area contributed by atoms with Gasteiger partial charge in [0.05, 0.1) is 9.85 Å². The molecule has 0 saturated heterocycles. The van der Waals surface area contributed by atoms with Crippen molar-refractivity contribution in [1.29, 1.82) is 0 Å². The van der Waals surface area contributed by atoms with Crippen LogP contribution in [0.25, 0.3) is 0 Å². The number of nitrogens with zero attached hydrogens (tertiary/aromatic N) is 2. The maximum absolute atomic E-state index is 11.8. The molecule has 0 bridgehead atoms. The summed E-state index contributed by atoms with van der Waals surface area (Å²) in [4.78, 5) is 67.1. The van der Waals surface area contributed by atoms with Gasteiger partial charge in [0.25, 0.3) is 11.4 Å². The number of non-ortho nitro benzene ring substituents is 2. The van der Waals surface area contributed by atoms with E-state index in [1.54, 1.807) is 0 Å². The Morgan fingerprint density at radius 1 is 0.525 bits per heavy atom. The molecule has 0 radical (unpaired) electrons. The molecule has 0 N–H and O–H groups in total. The van der Waals surface area contributed by atoms with E-state index in [0.29, 0.717) is 12.8 Å². The van der Waals surface area contributed by atoms with E-state index in [0.717, 1.165) is 25.7 Å². The summed E-state index contributed by atoms with van der Waals surface area (Å²) < 4.78 is 19.6. The minimum Gasteiger partial charge on any atom is -0.454 e. The Bertz CT molecular complexity index is 1090. The third-order valence-electron chi connectivity index (χ3n) is 5.27. The molecule has 0 atom stereocenters. The fourth-order valence-corrected chi connectivity index (χ4v) is 3.26. The number of benzene rings is 2. The van der Waals surface area contributed by atoms with E-state index in [9.17, 15) is 39.4 Å². The summed E-state index contributed by atoms with van der Waals surface area (Å²) >= 11 is 0. The quantitative estimate of drug-likeness (QED) is 0.0880. The van der Waals surface area contributed by atoms with Gasteiger partial charge in [-0.2, -0.15) is 0 Å². The number of ether oxygens (including phenoxy) is 4. The predicted octanol–water partition coefficient (Wildman–Crippen LogP) is 4.22. The lowest BCUT2D eigenvalue weighted by molar-refractivity contribution is -0.385. The van der Waals surface area contributed by atoms with Crippen LogP contribution >= 0.6 is 0 Å². The molecule has 0 amide bonds. The molecule has 0 unspecified atom stereocenters. The summed E-state index contributed by atoms with van der Waals surface area (Å²) in [5.41, 5.74) is -0.292. The highest BCUT2D eigenvalue weighted by Crippen LogP contribution is 2.18. The van der Waals surface area contributed by atoms with Gasteiger partial charge >= 0.3 is 23.9 Å². The zero-order valence-corrected chi connectivity index (χ0v) is 21.5. The van der Waals surface area contributed by atoms with Gasteiger partial charge in [0.15, 0.2) is 13.2 Å². The van der Waals surface area contributed by atoms with Gasteiger partial charge in [0.2, 0.25) is 0 Å². The topological polar surface area (TPSA) is 191 Å². The number of nitro groups is 2. The number of carbonyl (C=O) groups excluding carboxylic acids is 4. The van der Waals surface area contributed by atoms with Crippen molar-refractivity contribution in [2.75, 3.05) is 13.2 Å². The van der Waals surface area contributed by atoms with Gasteiger partial charge in [-0.1, -0.05) is 25.7 Å². The van der Waals surface area contributed by atoms with Crippen molar-refractivity contribution in [1.82, 2.24) is 0 Å². The van der Waals surface area contributed by atoms with Gasteiger partial charge < -0.3 is 18.9 Å². The third-order valence-corrected chi connectivity index (χ3v) is 5.27. The minimum absolute atomic E-state index is 0.0992. The second kappa shape index (κ2) is 16.9. The molecule has 40 heavy (non-hydrogen) atoms. The highest BCUT2D eigenvalue weighted by Gasteiger charge is 2.13. The molecule has 14 heteroatoms. The Morgan fingerprint density at radius 3 is 1.18 bits per heavy atom. The number of hydrogen-bond acceptors (Lipinski definition) is 12. The summed E-state index contributed by atoms with van der Waals surface area (Å²) in [6.45, 7) is -1.14. The van der Waals surface area contributed by atoms with Crippen molar-refractivity contribution >= 4 is 35.3 Å². The monoisotopic (exact) mass is 560 g/mol. The van der Waals surface area contributed by atoms with Crippen LogP contribution in [0.1, 0.15) is 51.4 Å². The van der Waals surface area contributed by atoms with Gasteiger partial charge in [-0.15, -0.1) is 0 Å². The highest BCUT2D eigenvalue weighted by molar-refractivity contribution is 5.78. The molecule has 0 heterocycles. The maximum Gasteiger partial charge on any atom is 0.349 e. The molecule has 0 spiro atoms. The van der Waals surface area contributed by atoms with Crippen LogP contribution in [-0.2, 0) is 28.7 Å². The highest BCUT2D eigenvalue weighted by atomic mass is 16.6. The lowest BCUT2D eigenvalue weighted by atomic mass is 10.1. The number of carbonyl (C=O) groups is 4. The van der Waals surface area contributed by atoms with E-state index < -0.39 is 46.9 Å². The summed E-state index contributed by atoms with van der Waals surface area (Å²) in [5.74, 6) is -2.50. The Morgan fingerprint density at radius 2 is 0.850 bits per heavy atom. The lowest BCUT2D eigenvalue weighted by Crippen LogP contribution is -2.18. The molecule has 14 nitrogen and oxygen atoms in total. The average molecular weight is 561 g/mol. The smallest absolute Gasteiger partial charge is 0.349 e. The molecule has 0 saturated carbocycles. The first kappa shape index (κ1) is 31.3. The van der Waals surface area contributed by atoms with Crippen molar-refractivity contribution in [3.8, 4) is 11.5 Å². The summed E-state index contributed by atoms with van der Waals surface area (Å²) in [5, 5.41) is 21.2. The predicted molar refractivity (Wildman–Crippen MR) is 136 cm³/mol. The van der Waals surface area contributed by atoms with E-state index in [4.69, 9.17) is 18.9 Å². The van der Waals surface area contributed by atoms with Crippen molar-refractivity contribution < 1.29 is 48.0 Å². The molecule has 214 valence electrons. The van der Waals surface area contributed by atoms with Crippen LogP contribution in [0, 0.1) is 20.2 Å². The summed E-state index contributed by atoms with van der Waals surface area (Å²) in [6, 6.07) is 9.82. The molecule has 2 rings (SSSR count). The first-order valence-corrected chi connectivity index (χ1v) is 12.4. The second-order valence-electron chi connectivity index (χ2n) is 8.39. The molecule has 0 aromatic heterocycles. The van der Waals surface area contributed by atoms with Crippen LogP contribution in [0.4, 0.5) is 11.4 Å². The Labute approximate surface area is 228 Å².